The number of hydrogen-bond donors (Lipinski definition) is 2. The Bertz CT molecular complexity index is 551. The molecule has 6 heteroatoms. The summed E-state index contributed by atoms with van der Waals surface area (Å²) < 4.78 is 0. The lowest BCUT2D eigenvalue weighted by molar-refractivity contribution is 0.532. The average molecular weight is 310 g/mol. The van der Waals surface area contributed by atoms with Crippen molar-refractivity contribution in [2.75, 3.05) is 4.90 Å². The summed E-state index contributed by atoms with van der Waals surface area (Å²) in [7, 11) is 0. The lowest BCUT2D eigenvalue weighted by atomic mass is 10.0. The molecule has 0 radical (unpaired) electrons. The fourth-order valence-electron chi connectivity index (χ4n) is 2.53. The van der Waals surface area contributed by atoms with Crippen LogP contribution in [0, 0.1) is 0 Å². The van der Waals surface area contributed by atoms with Crippen molar-refractivity contribution in [1.29, 1.82) is 0 Å². The second kappa shape index (κ2) is 6.80. The van der Waals surface area contributed by atoms with Crippen molar-refractivity contribution < 1.29 is 0 Å². The van der Waals surface area contributed by atoms with Crippen LogP contribution >= 0.6 is 12.4 Å². The van der Waals surface area contributed by atoms with Crippen LogP contribution in [0.5, 0.6) is 0 Å². The van der Waals surface area contributed by atoms with Gasteiger partial charge in [-0.25, -0.2) is 4.99 Å². The lowest BCUT2D eigenvalue weighted by Crippen LogP contribution is -2.54. The van der Waals surface area contributed by atoms with Crippen LogP contribution in [0.2, 0.25) is 0 Å². The van der Waals surface area contributed by atoms with Gasteiger partial charge in [-0.05, 0) is 38.3 Å². The minimum absolute atomic E-state index is 0. The van der Waals surface area contributed by atoms with Crippen LogP contribution in [0.1, 0.15) is 39.2 Å². The van der Waals surface area contributed by atoms with E-state index in [0.717, 1.165) is 24.9 Å². The Morgan fingerprint density at radius 3 is 2.48 bits per heavy atom. The zero-order valence-corrected chi connectivity index (χ0v) is 13.7. The Kier molecular flexibility index (Phi) is 5.61. The molecule has 0 aromatic heterocycles. The molecule has 116 valence electrons. The van der Waals surface area contributed by atoms with Gasteiger partial charge in [0.05, 0.1) is 0 Å². The van der Waals surface area contributed by atoms with Crippen molar-refractivity contribution >= 4 is 30.0 Å². The number of anilines is 1. The minimum Gasteiger partial charge on any atom is -0.369 e. The Hall–Kier alpha value is -1.75. The maximum Gasteiger partial charge on any atom is 0.220 e. The summed E-state index contributed by atoms with van der Waals surface area (Å²) in [6.45, 7) is 6.16. The number of nitrogens with zero attached hydrogens (tertiary/aromatic N) is 3. The zero-order valence-electron chi connectivity index (χ0n) is 12.8. The van der Waals surface area contributed by atoms with Gasteiger partial charge in [-0.15, -0.1) is 12.4 Å². The van der Waals surface area contributed by atoms with Crippen molar-refractivity contribution in [1.82, 2.24) is 0 Å². The molecule has 21 heavy (non-hydrogen) atoms. The van der Waals surface area contributed by atoms with Gasteiger partial charge in [-0.3, -0.25) is 4.90 Å². The van der Waals surface area contributed by atoms with Crippen LogP contribution in [-0.4, -0.2) is 17.6 Å². The molecule has 1 aliphatic rings. The largest absolute Gasteiger partial charge is 0.369 e. The first kappa shape index (κ1) is 17.3. The maximum absolute atomic E-state index is 6.09. The maximum atomic E-state index is 6.09. The molecule has 1 aliphatic heterocycles. The Morgan fingerprint density at radius 2 is 1.86 bits per heavy atom. The highest BCUT2D eigenvalue weighted by atomic mass is 35.5. The standard InChI is InChI=1S/C15H23N5.ClH/c1-4-5-8-11-9-6-7-10-12(11)20-14(17)18-13(16)19-15(20,2)3;/h6-7,9-10H,4-5,8H2,1-3H3,(H4,16,17,18,19);1H. The SMILES string of the molecule is CCCCc1ccccc1N1C(N)=NC(N)=NC1(C)C.Cl. The van der Waals surface area contributed by atoms with E-state index >= 15 is 0 Å². The second-order valence-corrected chi connectivity index (χ2v) is 5.50. The van der Waals surface area contributed by atoms with E-state index in [4.69, 9.17) is 11.5 Å². The second-order valence-electron chi connectivity index (χ2n) is 5.50. The van der Waals surface area contributed by atoms with Crippen molar-refractivity contribution in [3.63, 3.8) is 0 Å². The third kappa shape index (κ3) is 3.67. The van der Waals surface area contributed by atoms with Gasteiger partial charge in [0.2, 0.25) is 11.9 Å². The van der Waals surface area contributed by atoms with Crippen LogP contribution < -0.4 is 16.4 Å². The molecule has 0 atom stereocenters. The van der Waals surface area contributed by atoms with Crippen LogP contribution in [0.25, 0.3) is 0 Å². The van der Waals surface area contributed by atoms with Crippen LogP contribution in [0.4, 0.5) is 5.69 Å². The predicted molar refractivity (Wildman–Crippen MR) is 92.1 cm³/mol. The molecule has 0 unspecified atom stereocenters. The molecule has 4 N–H and O–H groups in total. The van der Waals surface area contributed by atoms with Gasteiger partial charge in [0, 0.05) is 5.69 Å². The lowest BCUT2D eigenvalue weighted by Gasteiger charge is -2.39. The molecule has 2 rings (SSSR count). The van der Waals surface area contributed by atoms with Crippen LogP contribution in [0.15, 0.2) is 34.3 Å². The van der Waals surface area contributed by atoms with E-state index in [1.165, 1.54) is 5.56 Å². The molecule has 0 saturated heterocycles. The summed E-state index contributed by atoms with van der Waals surface area (Å²) in [6, 6.07) is 8.26. The smallest absolute Gasteiger partial charge is 0.220 e. The molecule has 5 nitrogen and oxygen atoms in total. The number of aliphatic imine (C=N–C) groups is 2. The van der Waals surface area contributed by atoms with Gasteiger partial charge in [0.1, 0.15) is 5.66 Å². The van der Waals surface area contributed by atoms with Crippen LogP contribution in [0.3, 0.4) is 0 Å². The van der Waals surface area contributed by atoms with Crippen molar-refractivity contribution in [2.45, 2.75) is 45.7 Å². The highest BCUT2D eigenvalue weighted by molar-refractivity contribution is 6.05. The first-order valence-corrected chi connectivity index (χ1v) is 7.03. The molecule has 0 fully saturated rings. The highest BCUT2D eigenvalue weighted by Crippen LogP contribution is 2.30. The number of nitrogens with two attached hydrogens (primary N) is 2. The number of aryl methyl sites for hydroxylation is 1. The van der Waals surface area contributed by atoms with Gasteiger partial charge in [-0.1, -0.05) is 31.5 Å². The molecule has 0 spiro atoms. The first-order chi connectivity index (χ1) is 9.45. The molecule has 0 saturated carbocycles. The molecule has 0 bridgehead atoms. The van der Waals surface area contributed by atoms with Gasteiger partial charge in [-0.2, -0.15) is 4.99 Å². The fourth-order valence-corrected chi connectivity index (χ4v) is 2.53. The highest BCUT2D eigenvalue weighted by Gasteiger charge is 2.33. The molecule has 1 aromatic rings. The predicted octanol–water partition coefficient (Wildman–Crippen LogP) is 2.64. The number of unbranched alkanes of at least 4 members (excludes halogenated alkanes) is 1. The summed E-state index contributed by atoms with van der Waals surface area (Å²) in [4.78, 5) is 10.5. The topological polar surface area (TPSA) is 80.0 Å². The molecular weight excluding hydrogens is 286 g/mol. The number of para-hydroxylation sites is 1. The Morgan fingerprint density at radius 1 is 1.19 bits per heavy atom. The normalized spacial score (nSPS) is 16.8. The Balaban J connectivity index is 0.00000220. The average Bonchev–Trinajstić information content (AvgIpc) is 2.35. The number of guanidine groups is 2. The minimum atomic E-state index is -0.530. The van der Waals surface area contributed by atoms with Gasteiger partial charge in [0.25, 0.3) is 0 Å². The summed E-state index contributed by atoms with van der Waals surface area (Å²) in [5, 5.41) is 0. The van der Waals surface area contributed by atoms with E-state index in [1.807, 2.05) is 24.8 Å². The van der Waals surface area contributed by atoms with E-state index in [0.29, 0.717) is 5.96 Å². The van der Waals surface area contributed by atoms with E-state index in [-0.39, 0.29) is 18.4 Å². The summed E-state index contributed by atoms with van der Waals surface area (Å²) >= 11 is 0. The van der Waals surface area contributed by atoms with Gasteiger partial charge < -0.3 is 11.5 Å². The quantitative estimate of drug-likeness (QED) is 0.897. The molecule has 0 aliphatic carbocycles. The fraction of sp³-hybridized carbons (Fsp3) is 0.467. The number of halogens is 1. The first-order valence-electron chi connectivity index (χ1n) is 7.03. The van der Waals surface area contributed by atoms with Crippen molar-refractivity contribution in [3.05, 3.63) is 29.8 Å². The Labute approximate surface area is 132 Å². The third-order valence-electron chi connectivity index (χ3n) is 3.43. The van der Waals surface area contributed by atoms with E-state index < -0.39 is 5.66 Å². The van der Waals surface area contributed by atoms with Crippen LogP contribution in [-0.2, 0) is 6.42 Å². The van der Waals surface area contributed by atoms with E-state index in [1.54, 1.807) is 0 Å². The summed E-state index contributed by atoms with van der Waals surface area (Å²) in [5.41, 5.74) is 13.6. The molecular formula is C15H24ClN5. The number of benzene rings is 1. The molecule has 1 aromatic carbocycles. The zero-order chi connectivity index (χ0) is 14.8. The van der Waals surface area contributed by atoms with Crippen molar-refractivity contribution in [3.8, 4) is 0 Å². The van der Waals surface area contributed by atoms with E-state index in [2.05, 4.69) is 35.1 Å². The van der Waals surface area contributed by atoms with E-state index in [9.17, 15) is 0 Å². The number of rotatable bonds is 4. The summed E-state index contributed by atoms with van der Waals surface area (Å²) in [5.74, 6) is 0.626. The molecule has 0 amide bonds. The third-order valence-corrected chi connectivity index (χ3v) is 3.43. The molecule has 1 heterocycles. The number of hydrogen-bond acceptors (Lipinski definition) is 5. The van der Waals surface area contributed by atoms with Gasteiger partial charge >= 0.3 is 0 Å². The van der Waals surface area contributed by atoms with Gasteiger partial charge in [0.15, 0.2) is 0 Å². The summed E-state index contributed by atoms with van der Waals surface area (Å²) in [6.07, 6.45) is 3.33. The van der Waals surface area contributed by atoms with Crippen molar-refractivity contribution in [2.24, 2.45) is 21.5 Å². The monoisotopic (exact) mass is 309 g/mol.